The molecule has 0 aliphatic heterocycles. The number of nitrogens with zero attached hydrogens (tertiary/aromatic N) is 2. The van der Waals surface area contributed by atoms with Crippen LogP contribution in [0, 0.1) is 13.8 Å². The highest BCUT2D eigenvalue weighted by molar-refractivity contribution is 6.06. The van der Waals surface area contributed by atoms with Crippen LogP contribution in [0.1, 0.15) is 21.5 Å². The van der Waals surface area contributed by atoms with Gasteiger partial charge in [-0.3, -0.25) is 9.20 Å². The van der Waals surface area contributed by atoms with Crippen molar-refractivity contribution in [1.29, 1.82) is 0 Å². The van der Waals surface area contributed by atoms with Gasteiger partial charge in [-0.15, -0.1) is 0 Å². The molecule has 4 rings (SSSR count). The maximum atomic E-state index is 13.1. The molecule has 6 nitrogen and oxygen atoms in total. The number of nitrogens with one attached hydrogen (secondary N) is 1. The molecule has 1 amide bonds. The molecular weight excluding hydrogens is 378 g/mol. The molecule has 0 atom stereocenters. The number of carbonyl (C=O) groups is 1. The molecule has 4 aromatic rings. The van der Waals surface area contributed by atoms with E-state index in [-0.39, 0.29) is 5.91 Å². The Hall–Kier alpha value is -3.80. The van der Waals surface area contributed by atoms with Gasteiger partial charge in [0.2, 0.25) is 0 Å². The topological polar surface area (TPSA) is 64.9 Å². The summed E-state index contributed by atoms with van der Waals surface area (Å²) in [6.07, 6.45) is 1.89. The first kappa shape index (κ1) is 19.5. The quantitative estimate of drug-likeness (QED) is 0.517. The van der Waals surface area contributed by atoms with E-state index in [9.17, 15) is 4.79 Å². The summed E-state index contributed by atoms with van der Waals surface area (Å²) in [7, 11) is 3.11. The van der Waals surface area contributed by atoms with Crippen LogP contribution in [0.2, 0.25) is 0 Å². The predicted octanol–water partition coefficient (Wildman–Crippen LogP) is 4.89. The van der Waals surface area contributed by atoms with Gasteiger partial charge in [-0.25, -0.2) is 4.98 Å². The molecule has 0 radical (unpaired) electrons. The third-order valence-corrected chi connectivity index (χ3v) is 4.87. The van der Waals surface area contributed by atoms with Gasteiger partial charge in [0, 0.05) is 23.4 Å². The maximum absolute atomic E-state index is 13.1. The van der Waals surface area contributed by atoms with E-state index in [2.05, 4.69) is 23.5 Å². The fourth-order valence-corrected chi connectivity index (χ4v) is 3.55. The highest BCUT2D eigenvalue weighted by Crippen LogP contribution is 2.31. The number of pyridine rings is 1. The normalized spacial score (nSPS) is 10.8. The van der Waals surface area contributed by atoms with Crippen LogP contribution >= 0.6 is 0 Å². The van der Waals surface area contributed by atoms with Crippen molar-refractivity contribution in [2.45, 2.75) is 13.8 Å². The molecule has 2 heterocycles. The molecule has 0 bridgehead atoms. The summed E-state index contributed by atoms with van der Waals surface area (Å²) in [5.41, 5.74) is 5.13. The van der Waals surface area contributed by atoms with Gasteiger partial charge in [0.05, 0.1) is 14.2 Å². The van der Waals surface area contributed by atoms with Gasteiger partial charge in [0.1, 0.15) is 28.7 Å². The third-order valence-electron chi connectivity index (χ3n) is 4.87. The zero-order valence-electron chi connectivity index (χ0n) is 17.4. The second-order valence-electron chi connectivity index (χ2n) is 7.17. The van der Waals surface area contributed by atoms with Crippen molar-refractivity contribution in [3.63, 3.8) is 0 Å². The lowest BCUT2D eigenvalue weighted by atomic mass is 10.0. The lowest BCUT2D eigenvalue weighted by molar-refractivity contribution is 0.102. The minimum absolute atomic E-state index is 0.275. The van der Waals surface area contributed by atoms with Crippen LogP contribution in [0.25, 0.3) is 16.9 Å². The Morgan fingerprint density at radius 3 is 2.23 bits per heavy atom. The zero-order valence-corrected chi connectivity index (χ0v) is 17.4. The largest absolute Gasteiger partial charge is 0.497 e. The molecule has 0 fully saturated rings. The van der Waals surface area contributed by atoms with E-state index >= 15 is 0 Å². The van der Waals surface area contributed by atoms with Crippen LogP contribution in [0.15, 0.2) is 60.8 Å². The highest BCUT2D eigenvalue weighted by Gasteiger charge is 2.18. The Morgan fingerprint density at radius 1 is 0.933 bits per heavy atom. The molecule has 0 saturated heterocycles. The summed E-state index contributed by atoms with van der Waals surface area (Å²) in [5, 5.41) is 3.04. The first-order chi connectivity index (χ1) is 14.5. The number of benzene rings is 2. The Kier molecular flexibility index (Phi) is 5.14. The number of anilines is 1. The van der Waals surface area contributed by atoms with E-state index < -0.39 is 0 Å². The molecule has 152 valence electrons. The van der Waals surface area contributed by atoms with Gasteiger partial charge in [-0.2, -0.15) is 0 Å². The fraction of sp³-hybridized carbons (Fsp3) is 0.167. The molecule has 6 heteroatoms. The zero-order chi connectivity index (χ0) is 21.3. The number of imidazole rings is 1. The first-order valence-electron chi connectivity index (χ1n) is 9.58. The Labute approximate surface area is 175 Å². The van der Waals surface area contributed by atoms with Crippen LogP contribution in [0.4, 0.5) is 5.82 Å². The van der Waals surface area contributed by atoms with Gasteiger partial charge in [0.15, 0.2) is 0 Å². The standard InChI is InChI=1S/C24H23N3O3/c1-15-9-16(2)11-17(10-15)22-23(27-8-6-5-7-21(27)25-22)26-24(28)18-12-19(29-3)14-20(13-18)30-4/h5-14H,1-4H3,(H,26,28). The second-order valence-corrected chi connectivity index (χ2v) is 7.17. The van der Waals surface area contributed by atoms with Crippen molar-refractivity contribution in [2.75, 3.05) is 19.5 Å². The number of aromatic nitrogens is 2. The number of amides is 1. The summed E-state index contributed by atoms with van der Waals surface area (Å²) in [6.45, 7) is 4.10. The number of aryl methyl sites for hydroxylation is 2. The van der Waals surface area contributed by atoms with Gasteiger partial charge in [-0.1, -0.05) is 23.3 Å². The van der Waals surface area contributed by atoms with E-state index in [1.165, 1.54) is 0 Å². The van der Waals surface area contributed by atoms with Crippen LogP contribution in [0.5, 0.6) is 11.5 Å². The second kappa shape index (κ2) is 7.91. The average molecular weight is 401 g/mol. The molecular formula is C24H23N3O3. The van der Waals surface area contributed by atoms with Gasteiger partial charge >= 0.3 is 0 Å². The molecule has 2 aromatic carbocycles. The lowest BCUT2D eigenvalue weighted by Gasteiger charge is -2.11. The Balaban J connectivity index is 1.82. The molecule has 0 aliphatic rings. The molecule has 0 spiro atoms. The van der Waals surface area contributed by atoms with Gasteiger partial charge in [-0.05, 0) is 50.2 Å². The predicted molar refractivity (Wildman–Crippen MR) is 118 cm³/mol. The number of rotatable bonds is 5. The summed E-state index contributed by atoms with van der Waals surface area (Å²) in [5.74, 6) is 1.44. The number of methoxy groups -OCH3 is 2. The monoisotopic (exact) mass is 401 g/mol. The number of fused-ring (bicyclic) bond motifs is 1. The number of hydrogen-bond acceptors (Lipinski definition) is 4. The average Bonchev–Trinajstić information content (AvgIpc) is 3.11. The summed E-state index contributed by atoms with van der Waals surface area (Å²) in [4.78, 5) is 17.9. The van der Waals surface area contributed by atoms with E-state index in [1.807, 2.05) is 42.6 Å². The van der Waals surface area contributed by atoms with E-state index in [0.29, 0.717) is 22.9 Å². The summed E-state index contributed by atoms with van der Waals surface area (Å²) < 4.78 is 12.5. The summed E-state index contributed by atoms with van der Waals surface area (Å²) in [6, 6.07) is 17.1. The van der Waals surface area contributed by atoms with Crippen molar-refractivity contribution in [3.05, 3.63) is 77.5 Å². The van der Waals surface area contributed by atoms with Crippen molar-refractivity contribution in [1.82, 2.24) is 9.38 Å². The highest BCUT2D eigenvalue weighted by atomic mass is 16.5. The molecule has 2 aromatic heterocycles. The van der Waals surface area contributed by atoms with Crippen LogP contribution < -0.4 is 14.8 Å². The number of ether oxygens (including phenoxy) is 2. The van der Waals surface area contributed by atoms with E-state index in [4.69, 9.17) is 14.5 Å². The van der Waals surface area contributed by atoms with Gasteiger partial charge < -0.3 is 14.8 Å². The maximum Gasteiger partial charge on any atom is 0.257 e. The summed E-state index contributed by atoms with van der Waals surface area (Å²) >= 11 is 0. The van der Waals surface area contributed by atoms with Crippen molar-refractivity contribution < 1.29 is 14.3 Å². The lowest BCUT2D eigenvalue weighted by Crippen LogP contribution is -2.14. The first-order valence-corrected chi connectivity index (χ1v) is 9.58. The minimum atomic E-state index is -0.275. The van der Waals surface area contributed by atoms with Crippen molar-refractivity contribution in [2.24, 2.45) is 0 Å². The Bertz CT molecular complexity index is 1200. The smallest absolute Gasteiger partial charge is 0.257 e. The van der Waals surface area contributed by atoms with E-state index in [1.54, 1.807) is 32.4 Å². The van der Waals surface area contributed by atoms with Gasteiger partial charge in [0.25, 0.3) is 5.91 Å². The van der Waals surface area contributed by atoms with E-state index in [0.717, 1.165) is 28.0 Å². The molecule has 0 aliphatic carbocycles. The number of carbonyl (C=O) groups excluding carboxylic acids is 1. The molecule has 30 heavy (non-hydrogen) atoms. The minimum Gasteiger partial charge on any atom is -0.497 e. The van der Waals surface area contributed by atoms with Crippen molar-refractivity contribution >= 4 is 17.4 Å². The third kappa shape index (κ3) is 3.72. The molecule has 0 unspecified atom stereocenters. The Morgan fingerprint density at radius 2 is 1.60 bits per heavy atom. The fourth-order valence-electron chi connectivity index (χ4n) is 3.55. The van der Waals surface area contributed by atoms with Crippen LogP contribution in [-0.4, -0.2) is 29.5 Å². The SMILES string of the molecule is COc1cc(OC)cc(C(=O)Nc2c(-c3cc(C)cc(C)c3)nc3ccccn23)c1. The van der Waals surface area contributed by atoms with Crippen molar-refractivity contribution in [3.8, 4) is 22.8 Å². The van der Waals surface area contributed by atoms with Crippen LogP contribution in [-0.2, 0) is 0 Å². The number of hydrogen-bond donors (Lipinski definition) is 1. The van der Waals surface area contributed by atoms with Crippen LogP contribution in [0.3, 0.4) is 0 Å². The molecule has 0 saturated carbocycles. The molecule has 1 N–H and O–H groups in total.